The Morgan fingerprint density at radius 2 is 2.35 bits per heavy atom. The van der Waals surface area contributed by atoms with E-state index in [1.807, 2.05) is 30.2 Å². The fourth-order valence-electron chi connectivity index (χ4n) is 1.73. The van der Waals surface area contributed by atoms with E-state index in [0.29, 0.717) is 0 Å². The topological polar surface area (TPSA) is 42.7 Å². The maximum atomic E-state index is 4.27. The Kier molecular flexibility index (Phi) is 2.53. The van der Waals surface area contributed by atoms with Crippen LogP contribution in [0.25, 0.3) is 10.1 Å². The molecule has 0 fully saturated rings. The van der Waals surface area contributed by atoms with Crippen molar-refractivity contribution in [3.8, 4) is 0 Å². The van der Waals surface area contributed by atoms with Gasteiger partial charge in [0, 0.05) is 36.7 Å². The summed E-state index contributed by atoms with van der Waals surface area (Å²) in [6.45, 7) is 0.729. The minimum Gasteiger partial charge on any atom is -0.378 e. The summed E-state index contributed by atoms with van der Waals surface area (Å²) in [4.78, 5) is 4.27. The van der Waals surface area contributed by atoms with Crippen LogP contribution in [0.2, 0.25) is 0 Å². The van der Waals surface area contributed by atoms with Crippen molar-refractivity contribution in [2.24, 2.45) is 7.05 Å². The van der Waals surface area contributed by atoms with E-state index >= 15 is 0 Å². The van der Waals surface area contributed by atoms with Gasteiger partial charge in [0.2, 0.25) is 0 Å². The summed E-state index contributed by atoms with van der Waals surface area (Å²) in [5.74, 6) is 1.02. The molecule has 0 aliphatic carbocycles. The number of benzene rings is 1. The van der Waals surface area contributed by atoms with Crippen molar-refractivity contribution < 1.29 is 0 Å². The third kappa shape index (κ3) is 2.01. The Balaban J connectivity index is 1.78. The van der Waals surface area contributed by atoms with Crippen LogP contribution in [0, 0.1) is 0 Å². The van der Waals surface area contributed by atoms with Gasteiger partial charge in [-0.2, -0.15) is 4.37 Å². The largest absolute Gasteiger partial charge is 0.378 e. The Hall–Kier alpha value is -1.88. The lowest BCUT2D eigenvalue weighted by molar-refractivity contribution is 0.813. The molecule has 0 atom stereocenters. The quantitative estimate of drug-likeness (QED) is 0.770. The van der Waals surface area contributed by atoms with Crippen LogP contribution in [-0.2, 0) is 13.6 Å². The first-order chi connectivity index (χ1) is 8.33. The maximum absolute atomic E-state index is 4.27. The number of imidazole rings is 1. The van der Waals surface area contributed by atoms with Crippen molar-refractivity contribution in [3.63, 3.8) is 0 Å². The third-order valence-corrected chi connectivity index (χ3v) is 3.50. The Bertz CT molecular complexity index is 641. The van der Waals surface area contributed by atoms with Crippen LogP contribution in [-0.4, -0.2) is 13.9 Å². The van der Waals surface area contributed by atoms with E-state index < -0.39 is 0 Å². The Morgan fingerprint density at radius 1 is 1.41 bits per heavy atom. The smallest absolute Gasteiger partial charge is 0.127 e. The molecule has 2 heterocycles. The second kappa shape index (κ2) is 4.18. The zero-order chi connectivity index (χ0) is 11.7. The number of hydrogen-bond acceptors (Lipinski definition) is 4. The summed E-state index contributed by atoms with van der Waals surface area (Å²) < 4.78 is 7.39. The van der Waals surface area contributed by atoms with E-state index in [2.05, 4.69) is 32.9 Å². The van der Waals surface area contributed by atoms with E-state index in [1.165, 1.54) is 21.6 Å². The van der Waals surface area contributed by atoms with Crippen LogP contribution >= 0.6 is 11.5 Å². The average molecular weight is 244 g/mol. The molecule has 86 valence electrons. The van der Waals surface area contributed by atoms with E-state index in [4.69, 9.17) is 0 Å². The summed E-state index contributed by atoms with van der Waals surface area (Å²) in [7, 11) is 2.00. The second-order valence-corrected chi connectivity index (χ2v) is 4.72. The SMILES string of the molecule is Cn1ccnc1CNc1ccc2sncc2c1. The monoisotopic (exact) mass is 244 g/mol. The zero-order valence-electron chi connectivity index (χ0n) is 9.42. The number of hydrogen-bond donors (Lipinski definition) is 1. The van der Waals surface area contributed by atoms with Gasteiger partial charge in [-0.25, -0.2) is 4.98 Å². The summed E-state index contributed by atoms with van der Waals surface area (Å²) in [6.07, 6.45) is 5.65. The highest BCUT2D eigenvalue weighted by molar-refractivity contribution is 7.13. The summed E-state index contributed by atoms with van der Waals surface area (Å²) in [5, 5.41) is 4.54. The molecule has 1 N–H and O–H groups in total. The second-order valence-electron chi connectivity index (χ2n) is 3.89. The molecule has 0 spiro atoms. The van der Waals surface area contributed by atoms with Gasteiger partial charge in [0.1, 0.15) is 5.82 Å². The minimum absolute atomic E-state index is 0.729. The molecule has 1 aromatic carbocycles. The molecule has 0 aliphatic rings. The van der Waals surface area contributed by atoms with Gasteiger partial charge in [0.25, 0.3) is 0 Å². The summed E-state index contributed by atoms with van der Waals surface area (Å²) in [5.41, 5.74) is 1.10. The highest BCUT2D eigenvalue weighted by Crippen LogP contribution is 2.22. The molecule has 4 nitrogen and oxygen atoms in total. The van der Waals surface area contributed by atoms with Crippen molar-refractivity contribution in [1.29, 1.82) is 0 Å². The molecule has 0 amide bonds. The zero-order valence-corrected chi connectivity index (χ0v) is 10.2. The highest BCUT2D eigenvalue weighted by atomic mass is 32.1. The lowest BCUT2D eigenvalue weighted by Crippen LogP contribution is -2.05. The van der Waals surface area contributed by atoms with Crippen LogP contribution < -0.4 is 5.32 Å². The van der Waals surface area contributed by atoms with Gasteiger partial charge < -0.3 is 9.88 Å². The minimum atomic E-state index is 0.729. The van der Waals surface area contributed by atoms with Crippen LogP contribution in [0.4, 0.5) is 5.69 Å². The highest BCUT2D eigenvalue weighted by Gasteiger charge is 2.01. The fourth-order valence-corrected chi connectivity index (χ4v) is 2.36. The van der Waals surface area contributed by atoms with E-state index in [0.717, 1.165) is 18.1 Å². The number of nitrogens with one attached hydrogen (secondary N) is 1. The fraction of sp³-hybridized carbons (Fsp3) is 0.167. The number of aromatic nitrogens is 3. The molecule has 17 heavy (non-hydrogen) atoms. The molecule has 2 aromatic heterocycles. The predicted molar refractivity (Wildman–Crippen MR) is 70.2 cm³/mol. The normalized spacial score (nSPS) is 10.9. The molecular formula is C12H12N4S. The first-order valence-electron chi connectivity index (χ1n) is 5.37. The number of nitrogens with zero attached hydrogens (tertiary/aromatic N) is 3. The van der Waals surface area contributed by atoms with Crippen LogP contribution in [0.1, 0.15) is 5.82 Å². The molecule has 0 radical (unpaired) electrons. The molecule has 3 rings (SSSR count). The van der Waals surface area contributed by atoms with Gasteiger partial charge in [0.15, 0.2) is 0 Å². The molecule has 0 bridgehead atoms. The predicted octanol–water partition coefficient (Wildman–Crippen LogP) is 2.64. The Morgan fingerprint density at radius 3 is 3.18 bits per heavy atom. The van der Waals surface area contributed by atoms with Crippen LogP contribution in [0.15, 0.2) is 36.8 Å². The molecule has 0 aliphatic heterocycles. The van der Waals surface area contributed by atoms with Crippen LogP contribution in [0.5, 0.6) is 0 Å². The molecular weight excluding hydrogens is 232 g/mol. The number of fused-ring (bicyclic) bond motifs is 1. The lowest BCUT2D eigenvalue weighted by atomic mass is 10.2. The molecule has 0 saturated heterocycles. The van der Waals surface area contributed by atoms with Crippen molar-refractivity contribution >= 4 is 27.3 Å². The lowest BCUT2D eigenvalue weighted by Gasteiger charge is -2.06. The molecule has 0 saturated carbocycles. The molecule has 0 unspecified atom stereocenters. The Labute approximate surface area is 103 Å². The number of aryl methyl sites for hydroxylation is 1. The van der Waals surface area contributed by atoms with Gasteiger partial charge >= 0.3 is 0 Å². The number of rotatable bonds is 3. The summed E-state index contributed by atoms with van der Waals surface area (Å²) in [6, 6.07) is 6.28. The van der Waals surface area contributed by atoms with Gasteiger partial charge in [-0.15, -0.1) is 0 Å². The van der Waals surface area contributed by atoms with E-state index in [1.54, 1.807) is 0 Å². The summed E-state index contributed by atoms with van der Waals surface area (Å²) >= 11 is 1.52. The first-order valence-corrected chi connectivity index (χ1v) is 6.15. The van der Waals surface area contributed by atoms with Gasteiger partial charge in [-0.3, -0.25) is 0 Å². The average Bonchev–Trinajstić information content (AvgIpc) is 2.94. The standard InChI is InChI=1S/C12H12N4S/c1-16-5-4-13-12(16)8-14-10-2-3-11-9(6-10)7-15-17-11/h2-7,14H,8H2,1H3. The van der Waals surface area contributed by atoms with Crippen molar-refractivity contribution in [2.45, 2.75) is 6.54 Å². The third-order valence-electron chi connectivity index (χ3n) is 2.72. The van der Waals surface area contributed by atoms with E-state index in [9.17, 15) is 0 Å². The first kappa shape index (κ1) is 10.3. The molecule has 5 heteroatoms. The maximum Gasteiger partial charge on any atom is 0.127 e. The van der Waals surface area contributed by atoms with Crippen molar-refractivity contribution in [2.75, 3.05) is 5.32 Å². The van der Waals surface area contributed by atoms with Gasteiger partial charge in [-0.1, -0.05) is 0 Å². The number of anilines is 1. The molecule has 3 aromatic rings. The van der Waals surface area contributed by atoms with E-state index in [-0.39, 0.29) is 0 Å². The van der Waals surface area contributed by atoms with Gasteiger partial charge in [-0.05, 0) is 29.7 Å². The van der Waals surface area contributed by atoms with Gasteiger partial charge in [0.05, 0.1) is 11.2 Å². The van der Waals surface area contributed by atoms with Crippen molar-refractivity contribution in [1.82, 2.24) is 13.9 Å². The van der Waals surface area contributed by atoms with Crippen LogP contribution in [0.3, 0.4) is 0 Å². The van der Waals surface area contributed by atoms with Crippen molar-refractivity contribution in [3.05, 3.63) is 42.6 Å².